The molecule has 1 aliphatic rings. The fraction of sp³-hybridized carbons (Fsp3) is 0.600. The van der Waals surface area contributed by atoms with Crippen LogP contribution >= 0.6 is 0 Å². The monoisotopic (exact) mass is 276 g/mol. The molecule has 0 bridgehead atoms. The van der Waals surface area contributed by atoms with Crippen molar-refractivity contribution in [2.24, 2.45) is 0 Å². The first kappa shape index (κ1) is 14.8. The second-order valence-electron chi connectivity index (χ2n) is 5.47. The summed E-state index contributed by atoms with van der Waals surface area (Å²) in [6, 6.07) is 5.78. The van der Waals surface area contributed by atoms with Crippen molar-refractivity contribution in [2.75, 3.05) is 25.0 Å². The number of pyridine rings is 1. The molecule has 1 saturated heterocycles. The maximum absolute atomic E-state index is 12.1. The number of amides is 1. The van der Waals surface area contributed by atoms with E-state index in [-0.39, 0.29) is 11.4 Å². The van der Waals surface area contributed by atoms with Gasteiger partial charge in [-0.3, -0.25) is 4.79 Å². The van der Waals surface area contributed by atoms with Crippen LogP contribution in [0.3, 0.4) is 0 Å². The number of nitrogens with zero attached hydrogens (tertiary/aromatic N) is 1. The number of piperidine rings is 1. The van der Waals surface area contributed by atoms with E-state index in [1.807, 2.05) is 25.1 Å². The zero-order valence-electron chi connectivity index (χ0n) is 12.1. The second-order valence-corrected chi connectivity index (χ2v) is 5.47. The van der Waals surface area contributed by atoms with Crippen molar-refractivity contribution in [2.45, 2.75) is 38.1 Å². The van der Waals surface area contributed by atoms with Crippen LogP contribution in [0.5, 0.6) is 0 Å². The Hall–Kier alpha value is -1.62. The van der Waals surface area contributed by atoms with E-state index in [9.17, 15) is 4.79 Å². The van der Waals surface area contributed by atoms with Gasteiger partial charge in [0.15, 0.2) is 0 Å². The number of hydrogen-bond acceptors (Lipinski definition) is 4. The van der Waals surface area contributed by atoms with E-state index in [1.165, 1.54) is 0 Å². The lowest BCUT2D eigenvalue weighted by molar-refractivity contribution is -0.127. The van der Waals surface area contributed by atoms with E-state index >= 15 is 0 Å². The van der Waals surface area contributed by atoms with Crippen molar-refractivity contribution in [3.05, 3.63) is 24.4 Å². The van der Waals surface area contributed by atoms with Gasteiger partial charge in [-0.1, -0.05) is 6.07 Å². The smallest absolute Gasteiger partial charge is 0.240 e. The molecule has 20 heavy (non-hydrogen) atoms. The predicted octanol–water partition coefficient (Wildman–Crippen LogP) is 1.53. The standard InChI is InChI=1S/C15H24N4O/c1-15(8-3-5-12-19-15)14(20)18-11-6-10-17-13-7-2-4-9-16-13/h2,4,7,9,19H,3,5-6,8,10-12H2,1H3,(H,16,17)(H,18,20). The minimum atomic E-state index is -0.382. The third kappa shape index (κ3) is 4.20. The Morgan fingerprint density at radius 3 is 3.00 bits per heavy atom. The van der Waals surface area contributed by atoms with Crippen LogP contribution in [0.1, 0.15) is 32.6 Å². The first-order chi connectivity index (χ1) is 9.71. The molecule has 110 valence electrons. The number of carbonyl (C=O) groups is 1. The Morgan fingerprint density at radius 2 is 2.30 bits per heavy atom. The second kappa shape index (κ2) is 7.24. The normalized spacial score (nSPS) is 22.2. The van der Waals surface area contributed by atoms with Gasteiger partial charge in [0.25, 0.3) is 0 Å². The van der Waals surface area contributed by atoms with Gasteiger partial charge in [-0.25, -0.2) is 4.98 Å². The van der Waals surface area contributed by atoms with Gasteiger partial charge in [-0.15, -0.1) is 0 Å². The van der Waals surface area contributed by atoms with E-state index in [2.05, 4.69) is 20.9 Å². The van der Waals surface area contributed by atoms with Crippen LogP contribution in [0.4, 0.5) is 5.82 Å². The molecule has 1 fully saturated rings. The van der Waals surface area contributed by atoms with E-state index in [0.717, 1.165) is 44.6 Å². The summed E-state index contributed by atoms with van der Waals surface area (Å²) in [5.74, 6) is 0.995. The Bertz CT molecular complexity index is 415. The molecule has 1 atom stereocenters. The molecule has 1 aromatic heterocycles. The van der Waals surface area contributed by atoms with Crippen LogP contribution in [-0.4, -0.2) is 36.1 Å². The highest BCUT2D eigenvalue weighted by molar-refractivity contribution is 5.85. The first-order valence-electron chi connectivity index (χ1n) is 7.39. The van der Waals surface area contributed by atoms with E-state index in [0.29, 0.717) is 6.54 Å². The van der Waals surface area contributed by atoms with Gasteiger partial charge < -0.3 is 16.0 Å². The molecule has 1 amide bonds. The predicted molar refractivity (Wildman–Crippen MR) is 80.6 cm³/mol. The Labute approximate surface area is 120 Å². The molecule has 5 heteroatoms. The number of aromatic nitrogens is 1. The minimum Gasteiger partial charge on any atom is -0.370 e. The van der Waals surface area contributed by atoms with Crippen LogP contribution in [-0.2, 0) is 4.79 Å². The van der Waals surface area contributed by atoms with Crippen molar-refractivity contribution in [3.63, 3.8) is 0 Å². The third-order valence-electron chi connectivity index (χ3n) is 3.73. The van der Waals surface area contributed by atoms with Crippen LogP contribution in [0.2, 0.25) is 0 Å². The van der Waals surface area contributed by atoms with E-state index < -0.39 is 0 Å². The molecule has 0 aromatic carbocycles. The summed E-state index contributed by atoms with van der Waals surface area (Å²) in [6.45, 7) is 4.43. The third-order valence-corrected chi connectivity index (χ3v) is 3.73. The minimum absolute atomic E-state index is 0.120. The molecule has 0 aliphatic carbocycles. The SMILES string of the molecule is CC1(C(=O)NCCCNc2ccccn2)CCCCN1. The van der Waals surface area contributed by atoms with Crippen molar-refractivity contribution < 1.29 is 4.79 Å². The highest BCUT2D eigenvalue weighted by Crippen LogP contribution is 2.18. The molecule has 1 aromatic rings. The maximum atomic E-state index is 12.1. The van der Waals surface area contributed by atoms with Crippen LogP contribution in [0.15, 0.2) is 24.4 Å². The lowest BCUT2D eigenvalue weighted by Crippen LogP contribution is -2.57. The highest BCUT2D eigenvalue weighted by Gasteiger charge is 2.33. The molecule has 0 spiro atoms. The largest absolute Gasteiger partial charge is 0.370 e. The quantitative estimate of drug-likeness (QED) is 0.689. The van der Waals surface area contributed by atoms with E-state index in [1.54, 1.807) is 6.20 Å². The molecule has 0 saturated carbocycles. The number of rotatable bonds is 6. The summed E-state index contributed by atoms with van der Waals surface area (Å²) in [4.78, 5) is 16.3. The van der Waals surface area contributed by atoms with Crippen LogP contribution in [0, 0.1) is 0 Å². The highest BCUT2D eigenvalue weighted by atomic mass is 16.2. The van der Waals surface area contributed by atoms with Gasteiger partial charge in [0.2, 0.25) is 5.91 Å². The summed E-state index contributed by atoms with van der Waals surface area (Å²) < 4.78 is 0. The summed E-state index contributed by atoms with van der Waals surface area (Å²) in [7, 11) is 0. The molecular formula is C15H24N4O. The van der Waals surface area contributed by atoms with Gasteiger partial charge in [0.1, 0.15) is 5.82 Å². The van der Waals surface area contributed by atoms with Crippen LogP contribution < -0.4 is 16.0 Å². The average molecular weight is 276 g/mol. The number of anilines is 1. The Morgan fingerprint density at radius 1 is 1.40 bits per heavy atom. The molecular weight excluding hydrogens is 252 g/mol. The van der Waals surface area contributed by atoms with Gasteiger partial charge >= 0.3 is 0 Å². The molecule has 2 heterocycles. The molecule has 5 nitrogen and oxygen atoms in total. The molecule has 2 rings (SSSR count). The zero-order valence-corrected chi connectivity index (χ0v) is 12.1. The summed E-state index contributed by atoms with van der Waals surface area (Å²) in [5, 5.41) is 9.57. The van der Waals surface area contributed by atoms with E-state index in [4.69, 9.17) is 0 Å². The Kier molecular flexibility index (Phi) is 5.35. The number of hydrogen-bond donors (Lipinski definition) is 3. The van der Waals surface area contributed by atoms with Crippen molar-refractivity contribution in [1.29, 1.82) is 0 Å². The summed E-state index contributed by atoms with van der Waals surface area (Å²) in [6.07, 6.45) is 5.86. The molecule has 0 radical (unpaired) electrons. The lowest BCUT2D eigenvalue weighted by Gasteiger charge is -2.33. The lowest BCUT2D eigenvalue weighted by atomic mass is 9.90. The average Bonchev–Trinajstić information content (AvgIpc) is 2.48. The fourth-order valence-corrected chi connectivity index (χ4v) is 2.42. The van der Waals surface area contributed by atoms with Crippen molar-refractivity contribution in [1.82, 2.24) is 15.6 Å². The number of nitrogens with one attached hydrogen (secondary N) is 3. The molecule has 3 N–H and O–H groups in total. The summed E-state index contributed by atoms with van der Waals surface area (Å²) in [5.41, 5.74) is -0.382. The maximum Gasteiger partial charge on any atom is 0.240 e. The number of carbonyl (C=O) groups excluding carboxylic acids is 1. The van der Waals surface area contributed by atoms with Gasteiger partial charge in [0.05, 0.1) is 5.54 Å². The molecule has 1 unspecified atom stereocenters. The first-order valence-corrected chi connectivity index (χ1v) is 7.39. The van der Waals surface area contributed by atoms with Crippen LogP contribution in [0.25, 0.3) is 0 Å². The van der Waals surface area contributed by atoms with Crippen molar-refractivity contribution in [3.8, 4) is 0 Å². The van der Waals surface area contributed by atoms with Gasteiger partial charge in [-0.05, 0) is 51.3 Å². The molecule has 1 aliphatic heterocycles. The van der Waals surface area contributed by atoms with Crippen molar-refractivity contribution >= 4 is 11.7 Å². The summed E-state index contributed by atoms with van der Waals surface area (Å²) >= 11 is 0. The Balaban J connectivity index is 1.62. The van der Waals surface area contributed by atoms with Gasteiger partial charge in [0, 0.05) is 19.3 Å². The fourth-order valence-electron chi connectivity index (χ4n) is 2.42. The topological polar surface area (TPSA) is 66.0 Å². The zero-order chi connectivity index (χ0) is 14.3. The van der Waals surface area contributed by atoms with Gasteiger partial charge in [-0.2, -0.15) is 0 Å².